The van der Waals surface area contributed by atoms with E-state index in [1.165, 1.54) is 5.56 Å². The number of rotatable bonds is 8. The van der Waals surface area contributed by atoms with Crippen molar-refractivity contribution in [2.75, 3.05) is 33.2 Å². The molecule has 1 aromatic carbocycles. The van der Waals surface area contributed by atoms with Crippen LogP contribution in [-0.2, 0) is 0 Å². The molecule has 0 aliphatic carbocycles. The summed E-state index contributed by atoms with van der Waals surface area (Å²) in [5.41, 5.74) is 1.33. The minimum atomic E-state index is 0.337. The van der Waals surface area contributed by atoms with E-state index < -0.39 is 0 Å². The SMILES string of the molecule is C=CCNC(=NC)NCC(c1ccccc1)N(CC)CC. The molecular formula is C17H28N4. The van der Waals surface area contributed by atoms with Gasteiger partial charge in [0.15, 0.2) is 5.96 Å². The van der Waals surface area contributed by atoms with Crippen LogP contribution in [0.4, 0.5) is 0 Å². The van der Waals surface area contributed by atoms with E-state index >= 15 is 0 Å². The van der Waals surface area contributed by atoms with E-state index in [1.54, 1.807) is 7.05 Å². The lowest BCUT2D eigenvalue weighted by Crippen LogP contribution is -2.43. The first kappa shape index (κ1) is 17.2. The van der Waals surface area contributed by atoms with E-state index in [4.69, 9.17) is 0 Å². The van der Waals surface area contributed by atoms with Crippen LogP contribution in [0.2, 0.25) is 0 Å². The molecule has 0 heterocycles. The number of nitrogens with zero attached hydrogens (tertiary/aromatic N) is 2. The van der Waals surface area contributed by atoms with Gasteiger partial charge in [-0.2, -0.15) is 0 Å². The van der Waals surface area contributed by atoms with Crippen molar-refractivity contribution in [3.63, 3.8) is 0 Å². The molecule has 1 aromatic rings. The topological polar surface area (TPSA) is 39.7 Å². The number of hydrogen-bond donors (Lipinski definition) is 2. The fourth-order valence-corrected chi connectivity index (χ4v) is 2.38. The summed E-state index contributed by atoms with van der Waals surface area (Å²) in [6, 6.07) is 11.0. The maximum atomic E-state index is 4.23. The Labute approximate surface area is 129 Å². The summed E-state index contributed by atoms with van der Waals surface area (Å²) in [5.74, 6) is 0.808. The van der Waals surface area contributed by atoms with Crippen molar-refractivity contribution >= 4 is 5.96 Å². The van der Waals surface area contributed by atoms with Gasteiger partial charge in [-0.1, -0.05) is 50.3 Å². The van der Waals surface area contributed by atoms with E-state index in [9.17, 15) is 0 Å². The van der Waals surface area contributed by atoms with Crippen molar-refractivity contribution in [3.05, 3.63) is 48.6 Å². The standard InChI is InChI=1S/C17H28N4/c1-5-13-19-17(18-4)20-14-16(21(6-2)7-3)15-11-9-8-10-12-15/h5,8-12,16H,1,6-7,13-14H2,2-4H3,(H2,18,19,20). The second kappa shape index (κ2) is 10.00. The highest BCUT2D eigenvalue weighted by Crippen LogP contribution is 2.19. The molecule has 0 amide bonds. The summed E-state index contributed by atoms with van der Waals surface area (Å²) in [6.07, 6.45) is 1.83. The normalized spacial score (nSPS) is 13.0. The van der Waals surface area contributed by atoms with Gasteiger partial charge in [0.05, 0.1) is 6.04 Å². The number of aliphatic imine (C=N–C) groups is 1. The third kappa shape index (κ3) is 5.60. The van der Waals surface area contributed by atoms with Crippen molar-refractivity contribution in [1.29, 1.82) is 0 Å². The second-order valence-corrected chi connectivity index (χ2v) is 4.77. The molecule has 4 heteroatoms. The van der Waals surface area contributed by atoms with Crippen molar-refractivity contribution < 1.29 is 0 Å². The molecule has 1 atom stereocenters. The van der Waals surface area contributed by atoms with Crippen LogP contribution in [0.25, 0.3) is 0 Å². The van der Waals surface area contributed by atoms with Gasteiger partial charge in [0.2, 0.25) is 0 Å². The van der Waals surface area contributed by atoms with Crippen molar-refractivity contribution in [3.8, 4) is 0 Å². The Hall–Kier alpha value is -1.81. The van der Waals surface area contributed by atoms with Crippen LogP contribution < -0.4 is 10.6 Å². The molecule has 0 aromatic heterocycles. The molecule has 0 saturated heterocycles. The molecule has 0 fully saturated rings. The highest BCUT2D eigenvalue weighted by Gasteiger charge is 2.17. The zero-order valence-electron chi connectivity index (χ0n) is 13.5. The van der Waals surface area contributed by atoms with Gasteiger partial charge >= 0.3 is 0 Å². The maximum absolute atomic E-state index is 4.23. The van der Waals surface area contributed by atoms with Crippen LogP contribution in [0.5, 0.6) is 0 Å². The number of benzene rings is 1. The van der Waals surface area contributed by atoms with Crippen molar-refractivity contribution in [2.45, 2.75) is 19.9 Å². The smallest absolute Gasteiger partial charge is 0.191 e. The lowest BCUT2D eigenvalue weighted by molar-refractivity contribution is 0.219. The van der Waals surface area contributed by atoms with E-state index in [0.29, 0.717) is 12.6 Å². The monoisotopic (exact) mass is 288 g/mol. The minimum Gasteiger partial charge on any atom is -0.354 e. The van der Waals surface area contributed by atoms with E-state index in [1.807, 2.05) is 6.08 Å². The molecule has 0 spiro atoms. The first-order valence-electron chi connectivity index (χ1n) is 7.61. The van der Waals surface area contributed by atoms with Gasteiger partial charge in [0, 0.05) is 20.1 Å². The highest BCUT2D eigenvalue weighted by atomic mass is 15.2. The predicted octanol–water partition coefficient (Wildman–Crippen LogP) is 2.42. The Balaban J connectivity index is 2.76. The molecule has 1 rings (SSSR count). The molecule has 4 nitrogen and oxygen atoms in total. The summed E-state index contributed by atoms with van der Waals surface area (Å²) >= 11 is 0. The molecule has 0 radical (unpaired) electrons. The summed E-state index contributed by atoms with van der Waals surface area (Å²) < 4.78 is 0. The number of likely N-dealkylation sites (N-methyl/N-ethyl adjacent to an activating group) is 1. The summed E-state index contributed by atoms with van der Waals surface area (Å²) in [6.45, 7) is 11.7. The van der Waals surface area contributed by atoms with Gasteiger partial charge in [-0.3, -0.25) is 9.89 Å². The average Bonchev–Trinajstić information content (AvgIpc) is 2.54. The second-order valence-electron chi connectivity index (χ2n) is 4.77. The molecule has 0 aliphatic heterocycles. The fraction of sp³-hybridized carbons (Fsp3) is 0.471. The molecule has 116 valence electrons. The number of nitrogens with one attached hydrogen (secondary N) is 2. The molecular weight excluding hydrogens is 260 g/mol. The molecule has 21 heavy (non-hydrogen) atoms. The third-order valence-electron chi connectivity index (χ3n) is 3.54. The molecule has 2 N–H and O–H groups in total. The lowest BCUT2D eigenvalue weighted by atomic mass is 10.1. The van der Waals surface area contributed by atoms with Gasteiger partial charge in [0.25, 0.3) is 0 Å². The quantitative estimate of drug-likeness (QED) is 0.438. The average molecular weight is 288 g/mol. The Morgan fingerprint density at radius 3 is 2.43 bits per heavy atom. The molecule has 0 saturated carbocycles. The maximum Gasteiger partial charge on any atom is 0.191 e. The molecule has 0 aliphatic rings. The number of guanidine groups is 1. The van der Waals surface area contributed by atoms with Gasteiger partial charge in [0.1, 0.15) is 0 Å². The van der Waals surface area contributed by atoms with E-state index in [2.05, 4.69) is 71.3 Å². The van der Waals surface area contributed by atoms with Crippen molar-refractivity contribution in [2.24, 2.45) is 4.99 Å². The van der Waals surface area contributed by atoms with Crippen LogP contribution in [0.3, 0.4) is 0 Å². The summed E-state index contributed by atoms with van der Waals surface area (Å²) in [5, 5.41) is 6.60. The van der Waals surface area contributed by atoms with Gasteiger partial charge in [-0.05, 0) is 18.7 Å². The van der Waals surface area contributed by atoms with E-state index in [0.717, 1.165) is 25.6 Å². The lowest BCUT2D eigenvalue weighted by Gasteiger charge is -2.30. The first-order chi connectivity index (χ1) is 10.3. The predicted molar refractivity (Wildman–Crippen MR) is 91.7 cm³/mol. The zero-order chi connectivity index (χ0) is 15.5. The van der Waals surface area contributed by atoms with Crippen LogP contribution >= 0.6 is 0 Å². The highest BCUT2D eigenvalue weighted by molar-refractivity contribution is 5.79. The fourth-order valence-electron chi connectivity index (χ4n) is 2.38. The molecule has 0 bridgehead atoms. The van der Waals surface area contributed by atoms with Crippen LogP contribution in [0.15, 0.2) is 48.0 Å². The summed E-state index contributed by atoms with van der Waals surface area (Å²) in [4.78, 5) is 6.68. The van der Waals surface area contributed by atoms with Crippen LogP contribution in [0.1, 0.15) is 25.5 Å². The molecule has 1 unspecified atom stereocenters. The largest absolute Gasteiger partial charge is 0.354 e. The zero-order valence-corrected chi connectivity index (χ0v) is 13.5. The first-order valence-corrected chi connectivity index (χ1v) is 7.61. The van der Waals surface area contributed by atoms with Crippen molar-refractivity contribution in [1.82, 2.24) is 15.5 Å². The Morgan fingerprint density at radius 1 is 1.24 bits per heavy atom. The Kier molecular flexibility index (Phi) is 8.21. The minimum absolute atomic E-state index is 0.337. The van der Waals surface area contributed by atoms with Gasteiger partial charge in [-0.15, -0.1) is 6.58 Å². The van der Waals surface area contributed by atoms with Gasteiger partial charge < -0.3 is 10.6 Å². The van der Waals surface area contributed by atoms with Crippen LogP contribution in [-0.4, -0.2) is 44.1 Å². The Morgan fingerprint density at radius 2 is 1.90 bits per heavy atom. The van der Waals surface area contributed by atoms with Crippen LogP contribution in [0, 0.1) is 0 Å². The van der Waals surface area contributed by atoms with E-state index in [-0.39, 0.29) is 0 Å². The third-order valence-corrected chi connectivity index (χ3v) is 3.54. The summed E-state index contributed by atoms with van der Waals surface area (Å²) in [7, 11) is 1.79. The Bertz CT molecular complexity index is 424. The number of hydrogen-bond acceptors (Lipinski definition) is 2. The van der Waals surface area contributed by atoms with Gasteiger partial charge in [-0.25, -0.2) is 0 Å².